The average molecular weight is 334 g/mol. The third-order valence-corrected chi connectivity index (χ3v) is 4.43. The minimum Gasteiger partial charge on any atom is -0.358 e. The number of aromatic nitrogens is 1. The SMILES string of the molecule is CN(CCc1c[nH]c2c(F)c(F)c(F)cc12)CCS(C)(=O)=O. The predicted molar refractivity (Wildman–Crippen MR) is 79.1 cm³/mol. The van der Waals surface area contributed by atoms with Crippen LogP contribution >= 0.6 is 0 Å². The molecule has 0 amide bonds. The maximum atomic E-state index is 13.6. The van der Waals surface area contributed by atoms with Gasteiger partial charge in [-0.1, -0.05) is 0 Å². The van der Waals surface area contributed by atoms with Crippen molar-refractivity contribution in [3.05, 3.63) is 35.3 Å². The van der Waals surface area contributed by atoms with E-state index in [2.05, 4.69) is 4.98 Å². The third-order valence-electron chi connectivity index (χ3n) is 3.51. The van der Waals surface area contributed by atoms with E-state index >= 15 is 0 Å². The van der Waals surface area contributed by atoms with Gasteiger partial charge in [-0.05, 0) is 25.1 Å². The molecule has 0 saturated heterocycles. The lowest BCUT2D eigenvalue weighted by atomic mass is 10.1. The van der Waals surface area contributed by atoms with E-state index in [1.807, 2.05) is 4.90 Å². The highest BCUT2D eigenvalue weighted by Gasteiger charge is 2.17. The molecule has 2 aromatic rings. The molecule has 0 aliphatic carbocycles. The minimum atomic E-state index is -3.03. The smallest absolute Gasteiger partial charge is 0.196 e. The van der Waals surface area contributed by atoms with Crippen molar-refractivity contribution in [2.24, 2.45) is 0 Å². The summed E-state index contributed by atoms with van der Waals surface area (Å²) in [4.78, 5) is 4.42. The number of sulfone groups is 1. The van der Waals surface area contributed by atoms with Gasteiger partial charge in [-0.3, -0.25) is 0 Å². The van der Waals surface area contributed by atoms with Gasteiger partial charge in [0.2, 0.25) is 0 Å². The van der Waals surface area contributed by atoms with Crippen LogP contribution < -0.4 is 0 Å². The standard InChI is InChI=1S/C14H17F3N2O2S/c1-19(5-6-22(2,20)21)4-3-9-8-18-14-10(9)7-11(15)12(16)13(14)17/h7-8,18H,3-6H2,1-2H3. The van der Waals surface area contributed by atoms with Crippen LogP contribution in [0.4, 0.5) is 13.2 Å². The molecule has 0 unspecified atom stereocenters. The van der Waals surface area contributed by atoms with E-state index in [-0.39, 0.29) is 11.3 Å². The summed E-state index contributed by atoms with van der Waals surface area (Å²) in [5.74, 6) is -3.90. The number of hydrogen-bond acceptors (Lipinski definition) is 3. The molecule has 0 bridgehead atoms. The van der Waals surface area contributed by atoms with Crippen LogP contribution in [0.1, 0.15) is 5.56 Å². The summed E-state index contributed by atoms with van der Waals surface area (Å²) < 4.78 is 62.3. The number of hydrogen-bond donors (Lipinski definition) is 1. The summed E-state index contributed by atoms with van der Waals surface area (Å²) in [5, 5.41) is 0.299. The summed E-state index contributed by atoms with van der Waals surface area (Å²) in [7, 11) is -1.27. The minimum absolute atomic E-state index is 0.0475. The van der Waals surface area contributed by atoms with Crippen LogP contribution in [0, 0.1) is 17.5 Å². The molecule has 0 radical (unpaired) electrons. The van der Waals surface area contributed by atoms with Crippen molar-refractivity contribution in [1.29, 1.82) is 0 Å². The number of H-pyrrole nitrogens is 1. The van der Waals surface area contributed by atoms with E-state index in [1.165, 1.54) is 12.5 Å². The first-order valence-corrected chi connectivity index (χ1v) is 8.75. The molecule has 2 rings (SSSR count). The van der Waals surface area contributed by atoms with Crippen LogP contribution in [0.15, 0.2) is 12.3 Å². The van der Waals surface area contributed by atoms with Gasteiger partial charge in [0.05, 0.1) is 11.3 Å². The van der Waals surface area contributed by atoms with Gasteiger partial charge in [0, 0.05) is 30.9 Å². The highest BCUT2D eigenvalue weighted by Crippen LogP contribution is 2.25. The Bertz CT molecular complexity index is 787. The number of halogens is 3. The zero-order valence-electron chi connectivity index (χ0n) is 12.3. The molecule has 0 aliphatic rings. The lowest BCUT2D eigenvalue weighted by Crippen LogP contribution is -2.27. The first kappa shape index (κ1) is 16.8. The molecule has 0 atom stereocenters. The Balaban J connectivity index is 2.10. The quantitative estimate of drug-likeness (QED) is 0.823. The molecule has 0 fully saturated rings. The number of fused-ring (bicyclic) bond motifs is 1. The van der Waals surface area contributed by atoms with Gasteiger partial charge < -0.3 is 9.88 Å². The number of nitrogens with one attached hydrogen (secondary N) is 1. The molecule has 1 aromatic carbocycles. The first-order valence-electron chi connectivity index (χ1n) is 6.69. The summed E-state index contributed by atoms with van der Waals surface area (Å²) >= 11 is 0. The molecule has 1 heterocycles. The Morgan fingerprint density at radius 1 is 1.18 bits per heavy atom. The topological polar surface area (TPSA) is 53.2 Å². The van der Waals surface area contributed by atoms with E-state index < -0.39 is 27.3 Å². The zero-order valence-corrected chi connectivity index (χ0v) is 13.1. The number of benzene rings is 1. The zero-order chi connectivity index (χ0) is 16.5. The number of aromatic amines is 1. The van der Waals surface area contributed by atoms with Crippen LogP contribution in [0.2, 0.25) is 0 Å². The second kappa shape index (κ2) is 6.29. The number of rotatable bonds is 6. The van der Waals surface area contributed by atoms with Crippen LogP contribution in [0.25, 0.3) is 10.9 Å². The van der Waals surface area contributed by atoms with Gasteiger partial charge in [0.1, 0.15) is 9.84 Å². The molecule has 0 aliphatic heterocycles. The Labute approximate surface area is 126 Å². The number of nitrogens with zero attached hydrogens (tertiary/aromatic N) is 1. The van der Waals surface area contributed by atoms with Crippen LogP contribution in [0.3, 0.4) is 0 Å². The highest BCUT2D eigenvalue weighted by atomic mass is 32.2. The molecule has 0 saturated carbocycles. The largest absolute Gasteiger partial charge is 0.358 e. The molecule has 22 heavy (non-hydrogen) atoms. The first-order chi connectivity index (χ1) is 10.2. The third kappa shape index (κ3) is 3.80. The maximum absolute atomic E-state index is 13.6. The van der Waals surface area contributed by atoms with E-state index in [0.29, 0.717) is 30.5 Å². The summed E-state index contributed by atoms with van der Waals surface area (Å²) in [6, 6.07) is 0.968. The van der Waals surface area contributed by atoms with Gasteiger partial charge in [0.15, 0.2) is 17.5 Å². The van der Waals surface area contributed by atoms with E-state index in [4.69, 9.17) is 0 Å². The summed E-state index contributed by atoms with van der Waals surface area (Å²) in [6.45, 7) is 0.891. The fraction of sp³-hybridized carbons (Fsp3) is 0.429. The predicted octanol–water partition coefficient (Wildman–Crippen LogP) is 2.10. The Morgan fingerprint density at radius 3 is 2.50 bits per heavy atom. The van der Waals surface area contributed by atoms with Gasteiger partial charge in [-0.25, -0.2) is 21.6 Å². The fourth-order valence-corrected chi connectivity index (χ4v) is 2.82. The average Bonchev–Trinajstić information content (AvgIpc) is 2.82. The molecule has 1 N–H and O–H groups in total. The van der Waals surface area contributed by atoms with E-state index in [0.717, 1.165) is 6.07 Å². The van der Waals surface area contributed by atoms with Crippen molar-refractivity contribution < 1.29 is 21.6 Å². The van der Waals surface area contributed by atoms with Gasteiger partial charge >= 0.3 is 0 Å². The molecular formula is C14H17F3N2O2S. The van der Waals surface area contributed by atoms with Crippen LogP contribution in [-0.2, 0) is 16.3 Å². The van der Waals surface area contributed by atoms with Crippen molar-refractivity contribution >= 4 is 20.7 Å². The molecule has 4 nitrogen and oxygen atoms in total. The molecule has 122 valence electrons. The lowest BCUT2D eigenvalue weighted by Gasteiger charge is -2.15. The number of likely N-dealkylation sites (N-methyl/N-ethyl adjacent to an activating group) is 1. The van der Waals surface area contributed by atoms with Crippen LogP contribution in [-0.4, -0.2) is 50.4 Å². The van der Waals surface area contributed by atoms with Crippen molar-refractivity contribution in [3.8, 4) is 0 Å². The molecule has 8 heteroatoms. The second-order valence-corrected chi connectivity index (χ2v) is 7.67. The Kier molecular flexibility index (Phi) is 4.81. The van der Waals surface area contributed by atoms with Gasteiger partial charge in [0.25, 0.3) is 0 Å². The monoisotopic (exact) mass is 334 g/mol. The van der Waals surface area contributed by atoms with Gasteiger partial charge in [-0.2, -0.15) is 0 Å². The van der Waals surface area contributed by atoms with E-state index in [9.17, 15) is 21.6 Å². The normalized spacial score (nSPS) is 12.5. The highest BCUT2D eigenvalue weighted by molar-refractivity contribution is 7.90. The Morgan fingerprint density at radius 2 is 1.86 bits per heavy atom. The van der Waals surface area contributed by atoms with Crippen molar-refractivity contribution in [2.75, 3.05) is 32.1 Å². The van der Waals surface area contributed by atoms with Crippen molar-refractivity contribution in [2.45, 2.75) is 6.42 Å². The summed E-state index contributed by atoms with van der Waals surface area (Å²) in [5.41, 5.74) is 0.590. The van der Waals surface area contributed by atoms with Crippen molar-refractivity contribution in [3.63, 3.8) is 0 Å². The summed E-state index contributed by atoms with van der Waals surface area (Å²) in [6.07, 6.45) is 3.14. The second-order valence-electron chi connectivity index (χ2n) is 5.41. The lowest BCUT2D eigenvalue weighted by molar-refractivity contribution is 0.358. The molecular weight excluding hydrogens is 317 g/mol. The maximum Gasteiger partial charge on any atom is 0.196 e. The van der Waals surface area contributed by atoms with Crippen molar-refractivity contribution in [1.82, 2.24) is 9.88 Å². The molecule has 1 aromatic heterocycles. The molecule has 0 spiro atoms. The van der Waals surface area contributed by atoms with Crippen LogP contribution in [0.5, 0.6) is 0 Å². The van der Waals surface area contributed by atoms with Gasteiger partial charge in [-0.15, -0.1) is 0 Å². The Hall–Kier alpha value is -1.54. The van der Waals surface area contributed by atoms with E-state index in [1.54, 1.807) is 7.05 Å². The fourth-order valence-electron chi connectivity index (χ4n) is 2.18.